The molecular formula is C28H22Cl2N2O5S. The lowest BCUT2D eigenvalue weighted by Crippen LogP contribution is -2.39. The number of ether oxygens (including phenoxy) is 2. The van der Waals surface area contributed by atoms with Crippen molar-refractivity contribution < 1.29 is 18.7 Å². The van der Waals surface area contributed by atoms with Crippen molar-refractivity contribution in [1.82, 2.24) is 4.57 Å². The quantitative estimate of drug-likeness (QED) is 0.292. The van der Waals surface area contributed by atoms with Crippen molar-refractivity contribution in [2.45, 2.75) is 19.9 Å². The predicted octanol–water partition coefficient (Wildman–Crippen LogP) is 5.37. The first-order valence-electron chi connectivity index (χ1n) is 11.7. The van der Waals surface area contributed by atoms with Crippen molar-refractivity contribution >= 4 is 46.6 Å². The van der Waals surface area contributed by atoms with Gasteiger partial charge in [0, 0.05) is 11.6 Å². The Bertz CT molecular complexity index is 1750. The number of rotatable bonds is 6. The third kappa shape index (κ3) is 4.82. The standard InChI is InChI=1S/C28H22Cl2N2O5S/c1-4-36-27(34)24-15(2)31-28-32(25(24)16-5-8-18(35-3)9-6-16)26(33)23(38-28)14-19-10-12-22(37-19)17-7-11-20(29)21(30)13-17/h5-14,25H,4H2,1-3H3. The summed E-state index contributed by atoms with van der Waals surface area (Å²) in [5.74, 6) is 1.22. The number of hydrogen-bond acceptors (Lipinski definition) is 7. The van der Waals surface area contributed by atoms with E-state index in [1.807, 2.05) is 12.1 Å². The molecule has 194 valence electrons. The van der Waals surface area contributed by atoms with Gasteiger partial charge in [-0.1, -0.05) is 46.7 Å². The van der Waals surface area contributed by atoms with Gasteiger partial charge in [0.2, 0.25) is 0 Å². The lowest BCUT2D eigenvalue weighted by molar-refractivity contribution is -0.139. The number of hydrogen-bond donors (Lipinski definition) is 0. The number of aromatic nitrogens is 1. The fraction of sp³-hybridized carbons (Fsp3) is 0.179. The number of esters is 1. The lowest BCUT2D eigenvalue weighted by atomic mass is 9.96. The molecule has 3 heterocycles. The molecule has 0 radical (unpaired) electrons. The summed E-state index contributed by atoms with van der Waals surface area (Å²) in [6.07, 6.45) is 1.67. The Labute approximate surface area is 231 Å². The molecule has 0 saturated heterocycles. The number of carbonyl (C=O) groups is 1. The molecule has 0 bridgehead atoms. The molecule has 1 atom stereocenters. The number of thiazole rings is 1. The van der Waals surface area contributed by atoms with E-state index in [1.165, 1.54) is 15.9 Å². The summed E-state index contributed by atoms with van der Waals surface area (Å²) >= 11 is 13.4. The Kier molecular flexibility index (Phi) is 7.29. The maximum absolute atomic E-state index is 13.7. The molecule has 1 aliphatic heterocycles. The van der Waals surface area contributed by atoms with Gasteiger partial charge in [-0.3, -0.25) is 9.36 Å². The minimum atomic E-state index is -0.707. The summed E-state index contributed by atoms with van der Waals surface area (Å²) in [5.41, 5.74) is 2.01. The van der Waals surface area contributed by atoms with Crippen LogP contribution in [0.2, 0.25) is 10.0 Å². The van der Waals surface area contributed by atoms with E-state index in [0.717, 1.165) is 11.1 Å². The molecule has 7 nitrogen and oxygen atoms in total. The van der Waals surface area contributed by atoms with Crippen LogP contribution >= 0.6 is 34.5 Å². The van der Waals surface area contributed by atoms with Crippen molar-refractivity contribution in [3.8, 4) is 17.1 Å². The SMILES string of the molecule is CCOC(=O)C1=C(C)N=c2sc(=Cc3ccc(-c4ccc(Cl)c(Cl)c4)o3)c(=O)n2C1c1ccc(OC)cc1. The van der Waals surface area contributed by atoms with Gasteiger partial charge in [0.25, 0.3) is 5.56 Å². The van der Waals surface area contributed by atoms with Crippen molar-refractivity contribution in [3.63, 3.8) is 0 Å². The summed E-state index contributed by atoms with van der Waals surface area (Å²) in [7, 11) is 1.58. The van der Waals surface area contributed by atoms with Crippen molar-refractivity contribution in [3.05, 3.63) is 107 Å². The first-order valence-corrected chi connectivity index (χ1v) is 13.3. The molecule has 1 aliphatic rings. The minimum Gasteiger partial charge on any atom is -0.497 e. The monoisotopic (exact) mass is 568 g/mol. The van der Waals surface area contributed by atoms with E-state index in [-0.39, 0.29) is 12.2 Å². The molecule has 1 unspecified atom stereocenters. The molecule has 0 aliphatic carbocycles. The van der Waals surface area contributed by atoms with Crippen molar-refractivity contribution in [2.75, 3.05) is 13.7 Å². The van der Waals surface area contributed by atoms with E-state index < -0.39 is 12.0 Å². The highest BCUT2D eigenvalue weighted by molar-refractivity contribution is 7.07. The second-order valence-electron chi connectivity index (χ2n) is 8.41. The fourth-order valence-corrected chi connectivity index (χ4v) is 5.58. The van der Waals surface area contributed by atoms with E-state index in [4.69, 9.17) is 37.1 Å². The number of furan rings is 1. The average molecular weight is 569 g/mol. The van der Waals surface area contributed by atoms with E-state index in [9.17, 15) is 9.59 Å². The largest absolute Gasteiger partial charge is 0.497 e. The normalized spacial score (nSPS) is 15.3. The number of benzene rings is 2. The fourth-order valence-electron chi connectivity index (χ4n) is 4.26. The maximum atomic E-state index is 13.7. The van der Waals surface area contributed by atoms with Crippen LogP contribution in [0.4, 0.5) is 0 Å². The van der Waals surface area contributed by atoms with Crippen molar-refractivity contribution in [2.24, 2.45) is 4.99 Å². The molecule has 0 spiro atoms. The number of allylic oxidation sites excluding steroid dienone is 1. The zero-order valence-corrected chi connectivity index (χ0v) is 23.0. The third-order valence-electron chi connectivity index (χ3n) is 6.05. The van der Waals surface area contributed by atoms with Gasteiger partial charge in [-0.25, -0.2) is 9.79 Å². The number of fused-ring (bicyclic) bond motifs is 1. The highest BCUT2D eigenvalue weighted by atomic mass is 35.5. The summed E-state index contributed by atoms with van der Waals surface area (Å²) in [5, 5.41) is 0.869. The van der Waals surface area contributed by atoms with Gasteiger partial charge < -0.3 is 13.9 Å². The van der Waals surface area contributed by atoms with Crippen LogP contribution < -0.4 is 19.6 Å². The van der Waals surface area contributed by atoms with Gasteiger partial charge in [0.05, 0.1) is 45.6 Å². The van der Waals surface area contributed by atoms with Crippen LogP contribution in [-0.4, -0.2) is 24.3 Å². The van der Waals surface area contributed by atoms with Gasteiger partial charge in [0.15, 0.2) is 4.80 Å². The number of carbonyl (C=O) groups excluding carboxylic acids is 1. The number of methoxy groups -OCH3 is 1. The van der Waals surface area contributed by atoms with Gasteiger partial charge in [-0.15, -0.1) is 0 Å². The zero-order chi connectivity index (χ0) is 27.0. The van der Waals surface area contributed by atoms with Crippen LogP contribution in [0.25, 0.3) is 17.4 Å². The maximum Gasteiger partial charge on any atom is 0.338 e. The molecule has 38 heavy (non-hydrogen) atoms. The van der Waals surface area contributed by atoms with Crippen LogP contribution in [-0.2, 0) is 9.53 Å². The van der Waals surface area contributed by atoms with Gasteiger partial charge in [0.1, 0.15) is 17.3 Å². The first kappa shape index (κ1) is 26.0. The molecule has 10 heteroatoms. The summed E-state index contributed by atoms with van der Waals surface area (Å²) in [6, 6.07) is 15.3. The van der Waals surface area contributed by atoms with E-state index >= 15 is 0 Å². The minimum absolute atomic E-state index is 0.203. The number of nitrogens with zero attached hydrogens (tertiary/aromatic N) is 2. The summed E-state index contributed by atoms with van der Waals surface area (Å²) in [4.78, 5) is 31.8. The molecule has 0 saturated carbocycles. The topological polar surface area (TPSA) is 83.0 Å². The van der Waals surface area contributed by atoms with Crippen LogP contribution in [0.1, 0.15) is 31.2 Å². The Morgan fingerprint density at radius 3 is 2.58 bits per heavy atom. The van der Waals surface area contributed by atoms with E-state index in [2.05, 4.69) is 4.99 Å². The Balaban J connectivity index is 1.62. The Morgan fingerprint density at radius 1 is 1.13 bits per heavy atom. The smallest absolute Gasteiger partial charge is 0.338 e. The molecule has 5 rings (SSSR count). The molecule has 2 aromatic carbocycles. The van der Waals surface area contributed by atoms with Gasteiger partial charge >= 0.3 is 5.97 Å². The van der Waals surface area contributed by atoms with Crippen LogP contribution in [0.3, 0.4) is 0 Å². The summed E-state index contributed by atoms with van der Waals surface area (Å²) in [6.45, 7) is 3.69. The van der Waals surface area contributed by atoms with Crippen LogP contribution in [0.5, 0.6) is 5.75 Å². The molecule has 4 aromatic rings. The molecule has 0 N–H and O–H groups in total. The Hall–Kier alpha value is -3.59. The molecule has 2 aromatic heterocycles. The van der Waals surface area contributed by atoms with E-state index in [1.54, 1.807) is 69.5 Å². The van der Waals surface area contributed by atoms with Crippen LogP contribution in [0, 0.1) is 0 Å². The highest BCUT2D eigenvalue weighted by Crippen LogP contribution is 2.32. The van der Waals surface area contributed by atoms with Crippen LogP contribution in [0.15, 0.2) is 80.1 Å². The Morgan fingerprint density at radius 2 is 1.89 bits per heavy atom. The molecular weight excluding hydrogens is 547 g/mol. The summed E-state index contributed by atoms with van der Waals surface area (Å²) < 4.78 is 18.5. The highest BCUT2D eigenvalue weighted by Gasteiger charge is 2.33. The molecule has 0 amide bonds. The third-order valence-corrected chi connectivity index (χ3v) is 7.77. The zero-order valence-electron chi connectivity index (χ0n) is 20.7. The first-order chi connectivity index (χ1) is 18.3. The second kappa shape index (κ2) is 10.6. The van der Waals surface area contributed by atoms with Gasteiger partial charge in [-0.05, 0) is 61.9 Å². The van der Waals surface area contributed by atoms with E-state index in [0.29, 0.717) is 47.9 Å². The van der Waals surface area contributed by atoms with Gasteiger partial charge in [-0.2, -0.15) is 0 Å². The number of halogens is 2. The van der Waals surface area contributed by atoms with Crippen molar-refractivity contribution in [1.29, 1.82) is 0 Å². The predicted molar refractivity (Wildman–Crippen MR) is 148 cm³/mol. The molecule has 0 fully saturated rings. The average Bonchev–Trinajstić information content (AvgIpc) is 3.49. The second-order valence-corrected chi connectivity index (χ2v) is 10.2. The lowest BCUT2D eigenvalue weighted by Gasteiger charge is -2.24.